The number of rotatable bonds is 5. The van der Waals surface area contributed by atoms with Crippen molar-refractivity contribution < 1.29 is 0 Å². The van der Waals surface area contributed by atoms with Crippen molar-refractivity contribution >= 4 is 33.1 Å². The molecule has 2 rings (SSSR count). The van der Waals surface area contributed by atoms with Gasteiger partial charge >= 0.3 is 0 Å². The Morgan fingerprint density at radius 2 is 2.33 bits per heavy atom. The largest absolute Gasteiger partial charge is 0.361 e. The number of nitrogens with one attached hydrogen (secondary N) is 1. The second kappa shape index (κ2) is 6.15. The van der Waals surface area contributed by atoms with Crippen molar-refractivity contribution in [2.75, 3.05) is 5.32 Å². The van der Waals surface area contributed by atoms with E-state index in [2.05, 4.69) is 26.2 Å². The summed E-state index contributed by atoms with van der Waals surface area (Å²) in [4.78, 5) is 17.3. The fraction of sp³-hybridized carbons (Fsp3) is 0.333. The van der Waals surface area contributed by atoms with Gasteiger partial charge in [-0.3, -0.25) is 4.79 Å². The fourth-order valence-electron chi connectivity index (χ4n) is 1.60. The van der Waals surface area contributed by atoms with Gasteiger partial charge in [-0.05, 0) is 34.5 Å². The van der Waals surface area contributed by atoms with Gasteiger partial charge in [0.15, 0.2) is 5.82 Å². The maximum Gasteiger partial charge on any atom is 0.293 e. The third kappa shape index (κ3) is 3.20. The molecule has 0 aliphatic carbocycles. The Kier molecular flexibility index (Phi) is 4.54. The molecule has 0 fully saturated rings. The van der Waals surface area contributed by atoms with E-state index < -0.39 is 0 Å². The van der Waals surface area contributed by atoms with Crippen LogP contribution in [0.4, 0.5) is 5.82 Å². The first kappa shape index (κ1) is 13.3. The Morgan fingerprint density at radius 3 is 3.00 bits per heavy atom. The average Bonchev–Trinajstić information content (AvgIpc) is 2.77. The van der Waals surface area contributed by atoms with E-state index in [0.717, 1.165) is 21.6 Å². The summed E-state index contributed by atoms with van der Waals surface area (Å²) >= 11 is 5.06. The van der Waals surface area contributed by atoms with Crippen LogP contribution in [0.1, 0.15) is 18.2 Å². The van der Waals surface area contributed by atoms with E-state index in [4.69, 9.17) is 0 Å². The molecule has 0 saturated carbocycles. The van der Waals surface area contributed by atoms with Crippen molar-refractivity contribution in [2.45, 2.75) is 26.4 Å². The molecule has 0 amide bonds. The van der Waals surface area contributed by atoms with Gasteiger partial charge in [0.2, 0.25) is 0 Å². The number of hydrogen-bond donors (Lipinski definition) is 1. The van der Waals surface area contributed by atoms with E-state index in [9.17, 15) is 4.79 Å². The van der Waals surface area contributed by atoms with Crippen molar-refractivity contribution in [1.82, 2.24) is 9.55 Å². The van der Waals surface area contributed by atoms with Gasteiger partial charge in [-0.2, -0.15) is 0 Å². The molecule has 4 nitrogen and oxygen atoms in total. The summed E-state index contributed by atoms with van der Waals surface area (Å²) in [6, 6.07) is 4.02. The van der Waals surface area contributed by atoms with Gasteiger partial charge in [0.25, 0.3) is 5.56 Å². The molecule has 0 atom stereocenters. The van der Waals surface area contributed by atoms with Crippen molar-refractivity contribution in [1.29, 1.82) is 0 Å². The summed E-state index contributed by atoms with van der Waals surface area (Å²) in [5.41, 5.74) is -0.0602. The van der Waals surface area contributed by atoms with Crippen LogP contribution in [0.2, 0.25) is 0 Å². The number of hydrogen-bond acceptors (Lipinski definition) is 4. The van der Waals surface area contributed by atoms with Crippen LogP contribution in [0.5, 0.6) is 0 Å². The van der Waals surface area contributed by atoms with Gasteiger partial charge in [0.1, 0.15) is 0 Å². The topological polar surface area (TPSA) is 46.9 Å². The SMILES string of the molecule is CCCn1ccnc(NCc2ccc(Br)s2)c1=O. The molecular formula is C12H14BrN3OS. The maximum absolute atomic E-state index is 12.0. The van der Waals surface area contributed by atoms with Crippen molar-refractivity contribution in [3.63, 3.8) is 0 Å². The van der Waals surface area contributed by atoms with Crippen LogP contribution in [-0.4, -0.2) is 9.55 Å². The van der Waals surface area contributed by atoms with Gasteiger partial charge < -0.3 is 9.88 Å². The molecule has 1 N–H and O–H groups in total. The highest BCUT2D eigenvalue weighted by Crippen LogP contribution is 2.22. The molecule has 0 aliphatic rings. The zero-order valence-electron chi connectivity index (χ0n) is 10.0. The highest BCUT2D eigenvalue weighted by molar-refractivity contribution is 9.11. The molecule has 0 radical (unpaired) electrons. The number of thiophene rings is 1. The van der Waals surface area contributed by atoms with Gasteiger partial charge in [-0.1, -0.05) is 6.92 Å². The van der Waals surface area contributed by atoms with E-state index in [1.807, 2.05) is 19.1 Å². The van der Waals surface area contributed by atoms with Gasteiger partial charge in [-0.25, -0.2) is 4.98 Å². The lowest BCUT2D eigenvalue weighted by atomic mass is 10.4. The van der Waals surface area contributed by atoms with Crippen LogP contribution in [0, 0.1) is 0 Å². The molecule has 0 saturated heterocycles. The van der Waals surface area contributed by atoms with E-state index in [0.29, 0.717) is 12.4 Å². The molecule has 2 heterocycles. The normalized spacial score (nSPS) is 10.6. The third-order valence-corrected chi connectivity index (χ3v) is 4.06. The van der Waals surface area contributed by atoms with Crippen molar-refractivity contribution in [3.8, 4) is 0 Å². The standard InChI is InChI=1S/C12H14BrN3OS/c1-2-6-16-7-5-14-11(12(16)17)15-8-9-3-4-10(13)18-9/h3-5,7H,2,6,8H2,1H3,(H,14,15). The second-order valence-electron chi connectivity index (χ2n) is 3.83. The molecule has 0 spiro atoms. The Balaban J connectivity index is 2.09. The Bertz CT molecular complexity index is 579. The zero-order valence-corrected chi connectivity index (χ0v) is 12.4. The minimum Gasteiger partial charge on any atom is -0.361 e. The number of nitrogens with zero attached hydrogens (tertiary/aromatic N) is 2. The lowest BCUT2D eigenvalue weighted by Gasteiger charge is -2.07. The van der Waals surface area contributed by atoms with Gasteiger partial charge in [0.05, 0.1) is 10.3 Å². The van der Waals surface area contributed by atoms with Crippen LogP contribution in [0.25, 0.3) is 0 Å². The summed E-state index contributed by atoms with van der Waals surface area (Å²) in [6.07, 6.45) is 4.31. The monoisotopic (exact) mass is 327 g/mol. The van der Waals surface area contributed by atoms with Gasteiger partial charge in [-0.15, -0.1) is 11.3 Å². The number of anilines is 1. The molecule has 96 valence electrons. The summed E-state index contributed by atoms with van der Waals surface area (Å²) in [7, 11) is 0. The van der Waals surface area contributed by atoms with E-state index in [1.54, 1.807) is 28.3 Å². The molecule has 0 bridgehead atoms. The van der Waals surface area contributed by atoms with Crippen LogP contribution < -0.4 is 10.9 Å². The maximum atomic E-state index is 12.0. The Morgan fingerprint density at radius 1 is 1.50 bits per heavy atom. The van der Waals surface area contributed by atoms with E-state index in [1.165, 1.54) is 0 Å². The second-order valence-corrected chi connectivity index (χ2v) is 6.38. The molecule has 2 aromatic heterocycles. The third-order valence-electron chi connectivity index (χ3n) is 2.44. The molecule has 2 aromatic rings. The Hall–Kier alpha value is -1.14. The van der Waals surface area contributed by atoms with Crippen LogP contribution in [0.15, 0.2) is 33.1 Å². The number of aryl methyl sites for hydroxylation is 1. The van der Waals surface area contributed by atoms with E-state index >= 15 is 0 Å². The molecule has 0 aliphatic heterocycles. The van der Waals surface area contributed by atoms with E-state index in [-0.39, 0.29) is 5.56 Å². The lowest BCUT2D eigenvalue weighted by Crippen LogP contribution is -2.24. The predicted octanol–water partition coefficient (Wildman–Crippen LogP) is 3.09. The quantitative estimate of drug-likeness (QED) is 0.917. The molecule has 0 unspecified atom stereocenters. The zero-order chi connectivity index (χ0) is 13.0. The first-order valence-electron chi connectivity index (χ1n) is 5.74. The van der Waals surface area contributed by atoms with Gasteiger partial charge in [0, 0.05) is 23.8 Å². The fourth-order valence-corrected chi connectivity index (χ4v) is 3.03. The molecule has 6 heteroatoms. The summed E-state index contributed by atoms with van der Waals surface area (Å²) in [6.45, 7) is 3.39. The lowest BCUT2D eigenvalue weighted by molar-refractivity contribution is 0.649. The van der Waals surface area contributed by atoms with Crippen LogP contribution in [-0.2, 0) is 13.1 Å². The number of halogens is 1. The highest BCUT2D eigenvalue weighted by atomic mass is 79.9. The minimum atomic E-state index is -0.0602. The first-order valence-corrected chi connectivity index (χ1v) is 7.35. The molecule has 0 aromatic carbocycles. The van der Waals surface area contributed by atoms with Crippen molar-refractivity contribution in [2.24, 2.45) is 0 Å². The Labute approximate surface area is 118 Å². The van der Waals surface area contributed by atoms with Crippen LogP contribution >= 0.6 is 27.3 Å². The molecular weight excluding hydrogens is 314 g/mol. The molecule has 18 heavy (non-hydrogen) atoms. The predicted molar refractivity (Wildman–Crippen MR) is 78.1 cm³/mol. The van der Waals surface area contributed by atoms with Crippen molar-refractivity contribution in [3.05, 3.63) is 43.5 Å². The summed E-state index contributed by atoms with van der Waals surface area (Å²) in [5, 5.41) is 3.09. The smallest absolute Gasteiger partial charge is 0.293 e. The number of aromatic nitrogens is 2. The average molecular weight is 328 g/mol. The summed E-state index contributed by atoms with van der Waals surface area (Å²) < 4.78 is 2.77. The minimum absolute atomic E-state index is 0.0602. The first-order chi connectivity index (χ1) is 8.70. The highest BCUT2D eigenvalue weighted by Gasteiger charge is 2.04. The summed E-state index contributed by atoms with van der Waals surface area (Å²) in [5.74, 6) is 0.412. The van der Waals surface area contributed by atoms with Crippen LogP contribution in [0.3, 0.4) is 0 Å².